The van der Waals surface area contributed by atoms with Crippen LogP contribution < -0.4 is 14.4 Å². The molecule has 3 heterocycles. The van der Waals surface area contributed by atoms with Crippen LogP contribution in [0.4, 0.5) is 10.1 Å². The first-order valence-electron chi connectivity index (χ1n) is 16.3. The number of amides is 1. The molecule has 3 aromatic rings. The van der Waals surface area contributed by atoms with E-state index in [-0.39, 0.29) is 37.7 Å². The Labute approximate surface area is 270 Å². The number of hydrogen-bond donors (Lipinski definition) is 2. The van der Waals surface area contributed by atoms with E-state index < -0.39 is 23.8 Å². The lowest BCUT2D eigenvalue weighted by Crippen LogP contribution is -2.48. The molecule has 10 heteroatoms. The van der Waals surface area contributed by atoms with Crippen LogP contribution in [0.2, 0.25) is 0 Å². The smallest absolute Gasteiger partial charge is 0.308 e. The highest BCUT2D eigenvalue weighted by atomic mass is 19.1. The van der Waals surface area contributed by atoms with E-state index in [0.717, 1.165) is 36.9 Å². The minimum atomic E-state index is -0.930. The number of carboxylic acids is 1. The van der Waals surface area contributed by atoms with Crippen LogP contribution in [0.15, 0.2) is 48.7 Å². The number of rotatable bonds is 14. The lowest BCUT2D eigenvalue weighted by molar-refractivity contribution is -0.143. The average Bonchev–Trinajstić information content (AvgIpc) is 3.76. The van der Waals surface area contributed by atoms with Crippen LogP contribution in [0.1, 0.15) is 74.3 Å². The third-order valence-electron chi connectivity index (χ3n) is 9.59. The van der Waals surface area contributed by atoms with Crippen LogP contribution >= 0.6 is 0 Å². The van der Waals surface area contributed by atoms with Crippen LogP contribution in [0.5, 0.6) is 11.5 Å². The molecule has 1 fully saturated rings. The van der Waals surface area contributed by atoms with Gasteiger partial charge < -0.3 is 29.2 Å². The molecule has 2 aliphatic heterocycles. The molecular weight excluding hydrogens is 589 g/mol. The second-order valence-electron chi connectivity index (χ2n) is 12.6. The van der Waals surface area contributed by atoms with Gasteiger partial charge in [-0.3, -0.25) is 14.5 Å². The summed E-state index contributed by atoms with van der Waals surface area (Å²) in [6, 6.07) is 11.9. The molecule has 1 saturated heterocycles. The maximum Gasteiger partial charge on any atom is 0.308 e. The number of benzene rings is 2. The van der Waals surface area contributed by atoms with Gasteiger partial charge in [-0.15, -0.1) is 0 Å². The van der Waals surface area contributed by atoms with Crippen LogP contribution in [-0.2, 0) is 29.7 Å². The number of aliphatic carboxylic acids is 1. The number of carboxylic acid groups (broad SMARTS) is 1. The molecule has 0 aliphatic carbocycles. The largest absolute Gasteiger partial charge is 0.481 e. The van der Waals surface area contributed by atoms with Gasteiger partial charge in [-0.2, -0.15) is 0 Å². The van der Waals surface area contributed by atoms with E-state index in [1.54, 1.807) is 25.1 Å². The highest BCUT2D eigenvalue weighted by Crippen LogP contribution is 2.45. The summed E-state index contributed by atoms with van der Waals surface area (Å²) in [5.74, 6) is -1.67. The monoisotopic (exact) mass is 635 g/mol. The number of halogens is 1. The number of likely N-dealkylation sites (tertiary alicyclic amines) is 1. The summed E-state index contributed by atoms with van der Waals surface area (Å²) >= 11 is 0. The second kappa shape index (κ2) is 14.7. The van der Waals surface area contributed by atoms with Crippen molar-refractivity contribution >= 4 is 17.6 Å². The second-order valence-corrected chi connectivity index (χ2v) is 12.6. The highest BCUT2D eigenvalue weighted by molar-refractivity contribution is 5.95. The Bertz CT molecular complexity index is 1530. The first-order chi connectivity index (χ1) is 22.2. The van der Waals surface area contributed by atoms with Crippen molar-refractivity contribution in [1.29, 1.82) is 0 Å². The van der Waals surface area contributed by atoms with E-state index in [9.17, 15) is 24.2 Å². The number of hydrogen-bond acceptors (Lipinski definition) is 6. The SMILES string of the molecule is CCCC(CCC)N(C(=O)CN1C[C@H](c2cc(CO)c3c(c2)OCO3)[C@@H](C(=O)O)[C@@H]1CCc1cccn1C)c1ccc(F)c(C)c1. The van der Waals surface area contributed by atoms with Gasteiger partial charge in [0.1, 0.15) is 5.82 Å². The van der Waals surface area contributed by atoms with Crippen molar-refractivity contribution in [3.8, 4) is 11.5 Å². The Morgan fingerprint density at radius 2 is 1.87 bits per heavy atom. The van der Waals surface area contributed by atoms with Crippen LogP contribution in [0.3, 0.4) is 0 Å². The van der Waals surface area contributed by atoms with Crippen molar-refractivity contribution in [1.82, 2.24) is 9.47 Å². The number of aliphatic hydroxyl groups excluding tert-OH is 1. The lowest BCUT2D eigenvalue weighted by atomic mass is 9.83. The molecule has 0 saturated carbocycles. The molecule has 1 aromatic heterocycles. The van der Waals surface area contributed by atoms with Gasteiger partial charge >= 0.3 is 5.97 Å². The van der Waals surface area contributed by atoms with Gasteiger partial charge in [-0.1, -0.05) is 26.7 Å². The first-order valence-corrected chi connectivity index (χ1v) is 16.3. The summed E-state index contributed by atoms with van der Waals surface area (Å²) in [4.78, 5) is 31.4. The molecule has 0 unspecified atom stereocenters. The molecule has 46 heavy (non-hydrogen) atoms. The lowest BCUT2D eigenvalue weighted by Gasteiger charge is -2.35. The van der Waals surface area contributed by atoms with Crippen molar-refractivity contribution in [3.05, 3.63) is 76.9 Å². The van der Waals surface area contributed by atoms with Gasteiger partial charge in [0.05, 0.1) is 19.1 Å². The Kier molecular flexibility index (Phi) is 10.7. The normalized spacial score (nSPS) is 19.2. The topological polar surface area (TPSA) is 104 Å². The van der Waals surface area contributed by atoms with Gasteiger partial charge in [0.15, 0.2) is 11.5 Å². The molecule has 0 bridgehead atoms. The number of fused-ring (bicyclic) bond motifs is 1. The molecule has 1 amide bonds. The van der Waals surface area contributed by atoms with Gasteiger partial charge in [-0.25, -0.2) is 4.39 Å². The number of carbonyl (C=O) groups excluding carboxylic acids is 1. The maximum absolute atomic E-state index is 14.5. The maximum atomic E-state index is 14.5. The molecule has 2 N–H and O–H groups in total. The molecule has 2 aromatic carbocycles. The Morgan fingerprint density at radius 3 is 2.50 bits per heavy atom. The fourth-order valence-electron chi connectivity index (χ4n) is 7.34. The third-order valence-corrected chi connectivity index (χ3v) is 9.59. The van der Waals surface area contributed by atoms with E-state index >= 15 is 0 Å². The molecular formula is C36H46FN3O6. The predicted octanol–water partition coefficient (Wildman–Crippen LogP) is 5.80. The molecule has 248 valence electrons. The van der Waals surface area contributed by atoms with Gasteiger partial charge in [0.2, 0.25) is 12.7 Å². The highest BCUT2D eigenvalue weighted by Gasteiger charge is 2.47. The van der Waals surface area contributed by atoms with E-state index in [0.29, 0.717) is 47.7 Å². The van der Waals surface area contributed by atoms with E-state index in [1.165, 1.54) is 6.07 Å². The number of aromatic nitrogens is 1. The number of ether oxygens (including phenoxy) is 2. The minimum Gasteiger partial charge on any atom is -0.481 e. The van der Waals surface area contributed by atoms with Gasteiger partial charge in [0.25, 0.3) is 0 Å². The van der Waals surface area contributed by atoms with E-state index in [1.807, 2.05) is 45.8 Å². The summed E-state index contributed by atoms with van der Waals surface area (Å²) < 4.78 is 27.6. The zero-order valence-electron chi connectivity index (χ0n) is 27.2. The summed E-state index contributed by atoms with van der Waals surface area (Å²) in [5.41, 5.74) is 3.49. The Morgan fingerprint density at radius 1 is 1.11 bits per heavy atom. The standard InChI is InChI=1S/C36H46FN3O6/c1-5-8-27(9-6-2)40(28-11-13-30(37)23(3)16-28)33(42)20-39-19-29(24-17-25(21-41)35-32(18-24)45-22-46-35)34(36(43)44)31(39)14-12-26-10-7-15-38(26)4/h7,10-11,13,15-18,27,29,31,34,41H,5-6,8-9,12,14,19-22H2,1-4H3,(H,43,44)/t29-,31+,34-/m1/s1. The number of anilines is 1. The first kappa shape index (κ1) is 33.5. The summed E-state index contributed by atoms with van der Waals surface area (Å²) in [6.45, 7) is 6.01. The van der Waals surface area contributed by atoms with Crippen LogP contribution in [0, 0.1) is 18.7 Å². The van der Waals surface area contributed by atoms with Crippen molar-refractivity contribution < 1.29 is 33.7 Å². The Balaban J connectivity index is 1.52. The summed E-state index contributed by atoms with van der Waals surface area (Å²) in [7, 11) is 1.97. The van der Waals surface area contributed by atoms with Crippen LogP contribution in [-0.4, -0.2) is 63.5 Å². The van der Waals surface area contributed by atoms with Gasteiger partial charge in [-0.05, 0) is 86.2 Å². The van der Waals surface area contributed by atoms with E-state index in [4.69, 9.17) is 9.47 Å². The number of nitrogens with zero attached hydrogens (tertiary/aromatic N) is 3. The van der Waals surface area contributed by atoms with Crippen molar-refractivity contribution in [2.45, 2.75) is 83.9 Å². The van der Waals surface area contributed by atoms with Crippen molar-refractivity contribution in [2.75, 3.05) is 24.8 Å². The van der Waals surface area contributed by atoms with Gasteiger partial charge in [0, 0.05) is 54.7 Å². The molecule has 2 aliphatic rings. The summed E-state index contributed by atoms with van der Waals surface area (Å²) in [5, 5.41) is 20.8. The van der Waals surface area contributed by atoms with E-state index in [2.05, 4.69) is 13.8 Å². The number of carbonyl (C=O) groups is 2. The molecule has 9 nitrogen and oxygen atoms in total. The van der Waals surface area contributed by atoms with Crippen molar-refractivity contribution in [2.24, 2.45) is 13.0 Å². The predicted molar refractivity (Wildman–Crippen MR) is 174 cm³/mol. The molecule has 0 radical (unpaired) electrons. The molecule has 0 spiro atoms. The fraction of sp³-hybridized carbons (Fsp3) is 0.500. The average molecular weight is 636 g/mol. The zero-order valence-corrected chi connectivity index (χ0v) is 27.2. The third kappa shape index (κ3) is 6.93. The summed E-state index contributed by atoms with van der Waals surface area (Å²) in [6.07, 6.45) is 6.53. The fourth-order valence-corrected chi connectivity index (χ4v) is 7.34. The zero-order chi connectivity index (χ0) is 33.0. The van der Waals surface area contributed by atoms with Crippen molar-refractivity contribution in [3.63, 3.8) is 0 Å². The molecule has 5 rings (SSSR count). The number of aliphatic hydroxyl groups is 1. The Hall–Kier alpha value is -3.89. The minimum absolute atomic E-state index is 0.0237. The number of aryl methyl sites for hydroxylation is 3. The van der Waals surface area contributed by atoms with Crippen LogP contribution in [0.25, 0.3) is 0 Å². The molecule has 3 atom stereocenters. The quantitative estimate of drug-likeness (QED) is 0.231.